The molecule has 2 aromatic heterocycles. The third-order valence-corrected chi connectivity index (χ3v) is 5.66. The molecular weight excluding hydrogens is 524 g/mol. The van der Waals surface area contributed by atoms with Crippen molar-refractivity contribution in [1.29, 1.82) is 0 Å². The molecule has 0 saturated carbocycles. The van der Waals surface area contributed by atoms with Crippen LogP contribution in [-0.2, 0) is 6.18 Å². The number of fused-ring (bicyclic) bond motifs is 1. The first kappa shape index (κ1) is 23.6. The lowest BCUT2D eigenvalue weighted by atomic mass is 10.2. The van der Waals surface area contributed by atoms with E-state index in [9.17, 15) is 18.0 Å². The molecule has 31 heavy (non-hydrogen) atoms. The predicted molar refractivity (Wildman–Crippen MR) is 120 cm³/mol. The number of anilines is 3. The molecule has 1 fully saturated rings. The van der Waals surface area contributed by atoms with Gasteiger partial charge in [0.15, 0.2) is 0 Å². The lowest BCUT2D eigenvalue weighted by Crippen LogP contribution is -2.28. The number of nitrogens with two attached hydrogens (primary N) is 1. The molecule has 166 valence electrons. The molecule has 1 aromatic carbocycles. The summed E-state index contributed by atoms with van der Waals surface area (Å²) in [7, 11) is 0. The number of aromatic amines is 1. The van der Waals surface area contributed by atoms with Gasteiger partial charge in [-0.25, -0.2) is 4.98 Å². The van der Waals surface area contributed by atoms with Gasteiger partial charge in [0.1, 0.15) is 11.2 Å². The molecule has 1 saturated heterocycles. The van der Waals surface area contributed by atoms with E-state index in [1.807, 2.05) is 4.90 Å². The van der Waals surface area contributed by atoms with Crippen LogP contribution in [0, 0.1) is 0 Å². The number of rotatable bonds is 3. The molecule has 0 aliphatic carbocycles. The van der Waals surface area contributed by atoms with Crippen LogP contribution in [0.25, 0.3) is 10.9 Å². The average Bonchev–Trinajstić information content (AvgIpc) is 3.11. The number of H-pyrrole nitrogens is 1. The van der Waals surface area contributed by atoms with Crippen LogP contribution in [0.4, 0.5) is 30.6 Å². The largest absolute Gasteiger partial charge is 0.417 e. The molecule has 0 radical (unpaired) electrons. The molecule has 1 atom stereocenters. The molecule has 4 N–H and O–H groups in total. The number of alkyl halides is 3. The second-order valence-corrected chi connectivity index (χ2v) is 8.14. The molecule has 0 unspecified atom stereocenters. The fraction of sp³-hybridized carbons (Fsp3) is 0.278. The van der Waals surface area contributed by atoms with Crippen molar-refractivity contribution in [3.05, 3.63) is 49.8 Å². The van der Waals surface area contributed by atoms with Crippen LogP contribution in [0.2, 0.25) is 5.02 Å². The second kappa shape index (κ2) is 8.81. The van der Waals surface area contributed by atoms with Gasteiger partial charge in [-0.15, -0.1) is 12.4 Å². The van der Waals surface area contributed by atoms with Gasteiger partial charge < -0.3 is 20.9 Å². The lowest BCUT2D eigenvalue weighted by Gasteiger charge is -2.19. The average molecular weight is 540 g/mol. The molecule has 3 heterocycles. The zero-order valence-corrected chi connectivity index (χ0v) is 18.8. The van der Waals surface area contributed by atoms with Crippen LogP contribution >= 0.6 is 39.9 Å². The fourth-order valence-electron chi connectivity index (χ4n) is 3.26. The summed E-state index contributed by atoms with van der Waals surface area (Å²) in [5.74, 6) is 0.405. The first-order valence-electron chi connectivity index (χ1n) is 8.86. The van der Waals surface area contributed by atoms with Gasteiger partial charge >= 0.3 is 6.18 Å². The number of hydrogen-bond acceptors (Lipinski definition) is 6. The Hall–Kier alpha value is -2.08. The van der Waals surface area contributed by atoms with Gasteiger partial charge in [-0.1, -0.05) is 11.6 Å². The Morgan fingerprint density at radius 3 is 2.71 bits per heavy atom. The first-order chi connectivity index (χ1) is 14.1. The highest BCUT2D eigenvalue weighted by Gasteiger charge is 2.33. The van der Waals surface area contributed by atoms with Crippen molar-refractivity contribution < 1.29 is 13.2 Å². The molecule has 13 heteroatoms. The summed E-state index contributed by atoms with van der Waals surface area (Å²) in [6.07, 6.45) is -2.42. The standard InChI is InChI=1S/C18H15BrClF3N6O.ClH/c19-11-6-25-16(30)13-14(11)27-17(29-4-3-8(24)7-29)28-15(13)26-9-1-2-12(20)10(5-9)18(21,22)23;/h1-2,5-6,8H,3-4,7,24H2,(H,25,30)(H,26,27,28);1H/t8-;/m1./s1. The maximum atomic E-state index is 13.2. The molecule has 7 nitrogen and oxygen atoms in total. The Morgan fingerprint density at radius 2 is 2.06 bits per heavy atom. The van der Waals surface area contributed by atoms with E-state index in [1.54, 1.807) is 0 Å². The number of halogens is 6. The SMILES string of the molecule is Cl.N[C@@H]1CCN(c2nc(Nc3ccc(Cl)c(C(F)(F)F)c3)c3c(=O)[nH]cc(Br)c3n2)C1. The summed E-state index contributed by atoms with van der Waals surface area (Å²) in [6.45, 7) is 1.16. The summed E-state index contributed by atoms with van der Waals surface area (Å²) in [4.78, 5) is 25.8. The highest BCUT2D eigenvalue weighted by atomic mass is 79.9. The van der Waals surface area contributed by atoms with E-state index in [0.29, 0.717) is 29.0 Å². The van der Waals surface area contributed by atoms with Crippen molar-refractivity contribution in [2.24, 2.45) is 5.73 Å². The molecular formula is C18H16BrCl2F3N6O. The van der Waals surface area contributed by atoms with E-state index in [1.165, 1.54) is 12.3 Å². The highest BCUT2D eigenvalue weighted by Crippen LogP contribution is 2.37. The van der Waals surface area contributed by atoms with Gasteiger partial charge in [0.05, 0.1) is 20.6 Å². The molecule has 0 bridgehead atoms. The van der Waals surface area contributed by atoms with Crippen LogP contribution in [0.1, 0.15) is 12.0 Å². The topological polar surface area (TPSA) is 99.9 Å². The van der Waals surface area contributed by atoms with Crippen molar-refractivity contribution in [3.8, 4) is 0 Å². The second-order valence-electron chi connectivity index (χ2n) is 6.87. The minimum atomic E-state index is -4.63. The van der Waals surface area contributed by atoms with Crippen molar-refractivity contribution in [3.63, 3.8) is 0 Å². The zero-order valence-electron chi connectivity index (χ0n) is 15.6. The molecule has 0 spiro atoms. The van der Waals surface area contributed by atoms with E-state index in [4.69, 9.17) is 17.3 Å². The molecule has 1 aliphatic heterocycles. The van der Waals surface area contributed by atoms with E-state index in [-0.39, 0.29) is 35.3 Å². The summed E-state index contributed by atoms with van der Waals surface area (Å²) >= 11 is 9.05. The lowest BCUT2D eigenvalue weighted by molar-refractivity contribution is -0.137. The predicted octanol–water partition coefficient (Wildman–Crippen LogP) is 4.46. The van der Waals surface area contributed by atoms with Crippen LogP contribution in [0.3, 0.4) is 0 Å². The van der Waals surface area contributed by atoms with Crippen molar-refractivity contribution >= 4 is 68.3 Å². The smallest absolute Gasteiger partial charge is 0.339 e. The highest BCUT2D eigenvalue weighted by molar-refractivity contribution is 9.10. The number of hydrogen-bond donors (Lipinski definition) is 3. The monoisotopic (exact) mass is 538 g/mol. The Kier molecular flexibility index (Phi) is 6.70. The first-order valence-corrected chi connectivity index (χ1v) is 10.0. The number of nitrogens with zero attached hydrogens (tertiary/aromatic N) is 3. The number of benzene rings is 1. The van der Waals surface area contributed by atoms with Gasteiger partial charge in [-0.2, -0.15) is 18.2 Å². The third-order valence-electron chi connectivity index (χ3n) is 4.72. The molecule has 3 aromatic rings. The molecule has 0 amide bonds. The fourth-order valence-corrected chi connectivity index (χ4v) is 3.89. The van der Waals surface area contributed by atoms with Crippen molar-refractivity contribution in [1.82, 2.24) is 15.0 Å². The Balaban J connectivity index is 0.00000272. The van der Waals surface area contributed by atoms with E-state index >= 15 is 0 Å². The van der Waals surface area contributed by atoms with Gasteiger partial charge in [0.2, 0.25) is 5.95 Å². The van der Waals surface area contributed by atoms with E-state index in [0.717, 1.165) is 18.6 Å². The van der Waals surface area contributed by atoms with E-state index in [2.05, 4.69) is 36.2 Å². The minimum Gasteiger partial charge on any atom is -0.339 e. The third kappa shape index (κ3) is 4.74. The maximum Gasteiger partial charge on any atom is 0.417 e. The number of aromatic nitrogens is 3. The Labute approximate surface area is 193 Å². The molecule has 4 rings (SSSR count). The number of pyridine rings is 1. The van der Waals surface area contributed by atoms with Crippen LogP contribution < -0.4 is 21.5 Å². The van der Waals surface area contributed by atoms with Crippen molar-refractivity contribution in [2.45, 2.75) is 18.6 Å². The van der Waals surface area contributed by atoms with Gasteiger partial charge in [0.25, 0.3) is 5.56 Å². The van der Waals surface area contributed by atoms with Gasteiger partial charge in [0, 0.05) is 31.0 Å². The Morgan fingerprint density at radius 1 is 1.32 bits per heavy atom. The summed E-state index contributed by atoms with van der Waals surface area (Å²) in [5, 5.41) is 2.51. The van der Waals surface area contributed by atoms with Gasteiger partial charge in [-0.3, -0.25) is 4.79 Å². The van der Waals surface area contributed by atoms with Crippen molar-refractivity contribution in [2.75, 3.05) is 23.3 Å². The summed E-state index contributed by atoms with van der Waals surface area (Å²) in [5.41, 5.74) is 4.90. The van der Waals surface area contributed by atoms with Gasteiger partial charge in [-0.05, 0) is 40.5 Å². The molecule has 1 aliphatic rings. The maximum absolute atomic E-state index is 13.2. The summed E-state index contributed by atoms with van der Waals surface area (Å²) < 4.78 is 40.2. The van der Waals surface area contributed by atoms with E-state index < -0.39 is 22.3 Å². The minimum absolute atomic E-state index is 0. The zero-order chi connectivity index (χ0) is 21.6. The van der Waals surface area contributed by atoms with Crippen LogP contribution in [0.15, 0.2) is 33.7 Å². The van der Waals surface area contributed by atoms with Crippen LogP contribution in [0.5, 0.6) is 0 Å². The quantitative estimate of drug-likeness (QED) is 0.454. The summed E-state index contributed by atoms with van der Waals surface area (Å²) in [6, 6.07) is 3.35. The van der Waals surface area contributed by atoms with Crippen LogP contribution in [-0.4, -0.2) is 34.1 Å². The normalized spacial score (nSPS) is 16.5. The Bertz CT molecular complexity index is 1190. The number of nitrogens with one attached hydrogen (secondary N) is 2.